The van der Waals surface area contributed by atoms with Crippen LogP contribution in [0.15, 0.2) is 47.6 Å². The van der Waals surface area contributed by atoms with Gasteiger partial charge in [-0.05, 0) is 30.7 Å². The number of halogens is 1. The van der Waals surface area contributed by atoms with Crippen molar-refractivity contribution >= 4 is 34.4 Å². The average molecular weight is 335 g/mol. The SMILES string of the molecule is C/C(=N\Nc1ccc([N+](=O)[O-])cc1[N+](=O)[O-])c1ccc(Cl)cc1. The third-order valence-electron chi connectivity index (χ3n) is 2.99. The van der Waals surface area contributed by atoms with Crippen LogP contribution in [0.3, 0.4) is 0 Å². The number of hydrazone groups is 1. The highest BCUT2D eigenvalue weighted by molar-refractivity contribution is 6.30. The van der Waals surface area contributed by atoms with E-state index in [-0.39, 0.29) is 11.4 Å². The molecule has 118 valence electrons. The first-order valence-electron chi connectivity index (χ1n) is 6.37. The van der Waals surface area contributed by atoms with E-state index in [0.29, 0.717) is 10.7 Å². The Balaban J connectivity index is 2.28. The van der Waals surface area contributed by atoms with E-state index >= 15 is 0 Å². The Morgan fingerprint density at radius 1 is 1.09 bits per heavy atom. The van der Waals surface area contributed by atoms with Crippen molar-refractivity contribution < 1.29 is 9.85 Å². The second-order valence-corrected chi connectivity index (χ2v) is 4.97. The number of benzene rings is 2. The topological polar surface area (TPSA) is 111 Å². The monoisotopic (exact) mass is 334 g/mol. The van der Waals surface area contributed by atoms with Gasteiger partial charge < -0.3 is 0 Å². The summed E-state index contributed by atoms with van der Waals surface area (Å²) in [5.41, 5.74) is 3.21. The molecular weight excluding hydrogens is 324 g/mol. The van der Waals surface area contributed by atoms with Gasteiger partial charge in [-0.15, -0.1) is 0 Å². The number of anilines is 1. The third kappa shape index (κ3) is 4.01. The summed E-state index contributed by atoms with van der Waals surface area (Å²) in [6.07, 6.45) is 0. The van der Waals surface area contributed by atoms with Gasteiger partial charge in [0.25, 0.3) is 5.69 Å². The Labute approximate surface area is 135 Å². The molecule has 0 unspecified atom stereocenters. The van der Waals surface area contributed by atoms with Gasteiger partial charge in [0, 0.05) is 11.1 Å². The van der Waals surface area contributed by atoms with Gasteiger partial charge in [-0.1, -0.05) is 23.7 Å². The number of rotatable bonds is 5. The molecule has 0 aliphatic heterocycles. The van der Waals surface area contributed by atoms with E-state index in [1.165, 1.54) is 12.1 Å². The minimum absolute atomic E-state index is 0.0638. The van der Waals surface area contributed by atoms with Gasteiger partial charge in [-0.25, -0.2) is 0 Å². The van der Waals surface area contributed by atoms with E-state index < -0.39 is 15.5 Å². The summed E-state index contributed by atoms with van der Waals surface area (Å²) in [7, 11) is 0. The van der Waals surface area contributed by atoms with E-state index in [0.717, 1.165) is 11.6 Å². The number of nitro benzene ring substituents is 2. The number of nitro groups is 2. The molecule has 0 saturated heterocycles. The van der Waals surface area contributed by atoms with E-state index in [1.54, 1.807) is 31.2 Å². The van der Waals surface area contributed by atoms with Crippen LogP contribution in [-0.4, -0.2) is 15.6 Å². The fraction of sp³-hybridized carbons (Fsp3) is 0.0714. The van der Waals surface area contributed by atoms with Gasteiger partial charge in [-0.2, -0.15) is 5.10 Å². The number of nitrogens with one attached hydrogen (secondary N) is 1. The normalized spacial score (nSPS) is 11.1. The molecule has 0 bridgehead atoms. The quantitative estimate of drug-likeness (QED) is 0.504. The minimum atomic E-state index is -0.706. The predicted octanol–water partition coefficient (Wildman–Crippen LogP) is 3.99. The average Bonchev–Trinajstić information content (AvgIpc) is 2.52. The third-order valence-corrected chi connectivity index (χ3v) is 3.25. The van der Waals surface area contributed by atoms with Crippen LogP contribution in [0.25, 0.3) is 0 Å². The molecule has 2 aromatic carbocycles. The molecule has 0 fully saturated rings. The van der Waals surface area contributed by atoms with Crippen LogP contribution in [0.5, 0.6) is 0 Å². The fourth-order valence-corrected chi connectivity index (χ4v) is 1.90. The van der Waals surface area contributed by atoms with E-state index in [4.69, 9.17) is 11.6 Å². The van der Waals surface area contributed by atoms with Crippen LogP contribution in [0.4, 0.5) is 17.1 Å². The molecule has 0 aliphatic rings. The lowest BCUT2D eigenvalue weighted by Crippen LogP contribution is -2.02. The molecule has 0 aliphatic carbocycles. The van der Waals surface area contributed by atoms with Crippen molar-refractivity contribution in [3.8, 4) is 0 Å². The largest absolute Gasteiger partial charge is 0.301 e. The van der Waals surface area contributed by atoms with Gasteiger partial charge in [0.2, 0.25) is 0 Å². The maximum absolute atomic E-state index is 11.0. The van der Waals surface area contributed by atoms with Crippen molar-refractivity contribution in [3.63, 3.8) is 0 Å². The van der Waals surface area contributed by atoms with Crippen LogP contribution in [-0.2, 0) is 0 Å². The standard InChI is InChI=1S/C14H11ClN4O4/c1-9(10-2-4-11(15)5-3-10)16-17-13-7-6-12(18(20)21)8-14(13)19(22)23/h2-8,17H,1H3/b16-9+. The molecule has 0 amide bonds. The van der Waals surface area contributed by atoms with Crippen LogP contribution in [0.2, 0.25) is 5.02 Å². The lowest BCUT2D eigenvalue weighted by molar-refractivity contribution is -0.393. The van der Waals surface area contributed by atoms with Gasteiger partial charge in [0.05, 0.1) is 21.6 Å². The maximum Gasteiger partial charge on any atom is 0.301 e. The van der Waals surface area contributed by atoms with Crippen LogP contribution < -0.4 is 5.43 Å². The molecule has 9 heteroatoms. The Hall–Kier alpha value is -3.00. The number of non-ortho nitro benzene ring substituents is 1. The summed E-state index contributed by atoms with van der Waals surface area (Å²) in [6.45, 7) is 1.72. The smallest absolute Gasteiger partial charge is 0.271 e. The lowest BCUT2D eigenvalue weighted by Gasteiger charge is -2.05. The highest BCUT2D eigenvalue weighted by atomic mass is 35.5. The first-order chi connectivity index (χ1) is 10.9. The Bertz CT molecular complexity index is 790. The lowest BCUT2D eigenvalue weighted by atomic mass is 10.1. The maximum atomic E-state index is 11.0. The molecular formula is C14H11ClN4O4. The van der Waals surface area contributed by atoms with Crippen molar-refractivity contribution in [2.24, 2.45) is 5.10 Å². The molecule has 8 nitrogen and oxygen atoms in total. The van der Waals surface area contributed by atoms with Crippen LogP contribution in [0, 0.1) is 20.2 Å². The zero-order valence-corrected chi connectivity index (χ0v) is 12.6. The zero-order chi connectivity index (χ0) is 17.0. The summed E-state index contributed by atoms with van der Waals surface area (Å²) in [6, 6.07) is 10.2. The zero-order valence-electron chi connectivity index (χ0n) is 11.9. The molecule has 1 N–H and O–H groups in total. The second-order valence-electron chi connectivity index (χ2n) is 4.53. The van der Waals surface area contributed by atoms with Crippen LogP contribution >= 0.6 is 11.6 Å². The molecule has 2 rings (SSSR count). The van der Waals surface area contributed by atoms with Gasteiger partial charge in [-0.3, -0.25) is 25.7 Å². The van der Waals surface area contributed by atoms with Gasteiger partial charge in [0.15, 0.2) is 0 Å². The molecule has 0 radical (unpaired) electrons. The van der Waals surface area contributed by atoms with Gasteiger partial charge >= 0.3 is 5.69 Å². The summed E-state index contributed by atoms with van der Waals surface area (Å²) >= 11 is 5.80. The second kappa shape index (κ2) is 6.84. The van der Waals surface area contributed by atoms with Gasteiger partial charge in [0.1, 0.15) is 5.69 Å². The number of hydrogen-bond acceptors (Lipinski definition) is 6. The van der Waals surface area contributed by atoms with E-state index in [1.807, 2.05) is 0 Å². The highest BCUT2D eigenvalue weighted by Gasteiger charge is 2.19. The van der Waals surface area contributed by atoms with Crippen molar-refractivity contribution in [2.45, 2.75) is 6.92 Å². The first kappa shape index (κ1) is 16.4. The number of nitrogens with zero attached hydrogens (tertiary/aromatic N) is 3. The van der Waals surface area contributed by atoms with Crippen molar-refractivity contribution in [2.75, 3.05) is 5.43 Å². The first-order valence-corrected chi connectivity index (χ1v) is 6.75. The number of hydrogen-bond donors (Lipinski definition) is 1. The fourth-order valence-electron chi connectivity index (χ4n) is 1.78. The molecule has 23 heavy (non-hydrogen) atoms. The van der Waals surface area contributed by atoms with Crippen molar-refractivity contribution in [1.82, 2.24) is 0 Å². The van der Waals surface area contributed by atoms with Crippen LogP contribution in [0.1, 0.15) is 12.5 Å². The van der Waals surface area contributed by atoms with E-state index in [9.17, 15) is 20.2 Å². The molecule has 2 aromatic rings. The van der Waals surface area contributed by atoms with Crippen molar-refractivity contribution in [3.05, 3.63) is 73.3 Å². The molecule has 0 aromatic heterocycles. The molecule has 0 atom stereocenters. The summed E-state index contributed by atoms with van der Waals surface area (Å²) in [4.78, 5) is 20.3. The molecule has 0 saturated carbocycles. The molecule has 0 heterocycles. The Morgan fingerprint density at radius 3 is 2.30 bits per heavy atom. The Kier molecular flexibility index (Phi) is 4.87. The van der Waals surface area contributed by atoms with E-state index in [2.05, 4.69) is 10.5 Å². The highest BCUT2D eigenvalue weighted by Crippen LogP contribution is 2.29. The van der Waals surface area contributed by atoms with Crippen molar-refractivity contribution in [1.29, 1.82) is 0 Å². The minimum Gasteiger partial charge on any atom is -0.271 e. The summed E-state index contributed by atoms with van der Waals surface area (Å²) in [5.74, 6) is 0. The molecule has 0 spiro atoms. The predicted molar refractivity (Wildman–Crippen MR) is 87.0 cm³/mol. The Morgan fingerprint density at radius 2 is 1.74 bits per heavy atom. The summed E-state index contributed by atoms with van der Waals surface area (Å²) in [5, 5.41) is 26.4. The summed E-state index contributed by atoms with van der Waals surface area (Å²) < 4.78 is 0.